The molecule has 1 aromatic carbocycles. The summed E-state index contributed by atoms with van der Waals surface area (Å²) in [6.07, 6.45) is 2.12. The topological polar surface area (TPSA) is 53.7 Å². The number of hydrogen-bond donors (Lipinski definition) is 1. The lowest BCUT2D eigenvalue weighted by atomic mass is 10.2. The van der Waals surface area contributed by atoms with Crippen LogP contribution in [-0.2, 0) is 0 Å². The highest BCUT2D eigenvalue weighted by Gasteiger charge is 2.15. The van der Waals surface area contributed by atoms with Crippen molar-refractivity contribution in [2.75, 3.05) is 25.6 Å². The first-order valence-electron chi connectivity index (χ1n) is 5.63. The second-order valence-electron chi connectivity index (χ2n) is 3.74. The minimum Gasteiger partial charge on any atom is -0.491 e. The number of nitrogen functional groups attached to an aromatic ring is 1. The van der Waals surface area contributed by atoms with E-state index in [9.17, 15) is 0 Å². The molecule has 0 aliphatic carbocycles. The molecule has 0 saturated carbocycles. The molecule has 0 amide bonds. The van der Waals surface area contributed by atoms with Gasteiger partial charge in [-0.1, -0.05) is 13.3 Å². The maximum absolute atomic E-state index is 5.87. The molecule has 0 spiro atoms. The molecular formula is C12H17NO3. The van der Waals surface area contributed by atoms with E-state index in [1.54, 1.807) is 12.1 Å². The summed E-state index contributed by atoms with van der Waals surface area (Å²) in [7, 11) is 0. The van der Waals surface area contributed by atoms with Gasteiger partial charge in [0.15, 0.2) is 11.5 Å². The van der Waals surface area contributed by atoms with Crippen LogP contribution in [0.25, 0.3) is 0 Å². The second-order valence-corrected chi connectivity index (χ2v) is 3.74. The predicted octanol–water partition coefficient (Wildman–Crippen LogP) is 2.22. The SMILES string of the molecule is CCCCOc1cc2c(cc1N)OCCO2. The molecule has 0 aromatic heterocycles. The van der Waals surface area contributed by atoms with Gasteiger partial charge in [0.1, 0.15) is 19.0 Å². The normalized spacial score (nSPS) is 13.6. The fourth-order valence-corrected chi connectivity index (χ4v) is 1.54. The van der Waals surface area contributed by atoms with E-state index in [0.29, 0.717) is 42.8 Å². The molecular weight excluding hydrogens is 206 g/mol. The van der Waals surface area contributed by atoms with Crippen molar-refractivity contribution < 1.29 is 14.2 Å². The molecule has 1 aromatic rings. The highest BCUT2D eigenvalue weighted by atomic mass is 16.6. The molecule has 0 radical (unpaired) electrons. The Morgan fingerprint density at radius 2 is 1.94 bits per heavy atom. The average molecular weight is 223 g/mol. The molecule has 0 atom stereocenters. The molecule has 2 rings (SSSR count). The van der Waals surface area contributed by atoms with E-state index >= 15 is 0 Å². The van der Waals surface area contributed by atoms with Crippen molar-refractivity contribution in [3.8, 4) is 17.2 Å². The zero-order chi connectivity index (χ0) is 11.4. The van der Waals surface area contributed by atoms with Crippen molar-refractivity contribution in [3.05, 3.63) is 12.1 Å². The van der Waals surface area contributed by atoms with Crippen LogP contribution in [0.3, 0.4) is 0 Å². The number of hydrogen-bond acceptors (Lipinski definition) is 4. The molecule has 88 valence electrons. The van der Waals surface area contributed by atoms with Gasteiger partial charge in [-0.05, 0) is 6.42 Å². The van der Waals surface area contributed by atoms with Crippen LogP contribution >= 0.6 is 0 Å². The van der Waals surface area contributed by atoms with Crippen LogP contribution in [0.4, 0.5) is 5.69 Å². The van der Waals surface area contributed by atoms with E-state index in [-0.39, 0.29) is 0 Å². The fraction of sp³-hybridized carbons (Fsp3) is 0.500. The minimum atomic E-state index is 0.572. The summed E-state index contributed by atoms with van der Waals surface area (Å²) in [6.45, 7) is 3.95. The van der Waals surface area contributed by atoms with Gasteiger partial charge in [0, 0.05) is 12.1 Å². The van der Waals surface area contributed by atoms with Gasteiger partial charge in [0.25, 0.3) is 0 Å². The summed E-state index contributed by atoms with van der Waals surface area (Å²) in [5.74, 6) is 2.09. The Balaban J connectivity index is 2.12. The van der Waals surface area contributed by atoms with Gasteiger partial charge >= 0.3 is 0 Å². The summed E-state index contributed by atoms with van der Waals surface area (Å²) in [5.41, 5.74) is 6.46. The van der Waals surface area contributed by atoms with Crippen LogP contribution < -0.4 is 19.9 Å². The molecule has 1 heterocycles. The molecule has 0 saturated heterocycles. The van der Waals surface area contributed by atoms with Gasteiger partial charge in [-0.15, -0.1) is 0 Å². The number of unbranched alkanes of at least 4 members (excludes halogenated alkanes) is 1. The molecule has 4 nitrogen and oxygen atoms in total. The molecule has 0 unspecified atom stereocenters. The minimum absolute atomic E-state index is 0.572. The third-order valence-electron chi connectivity index (χ3n) is 2.43. The number of benzene rings is 1. The van der Waals surface area contributed by atoms with Crippen molar-refractivity contribution >= 4 is 5.69 Å². The first kappa shape index (κ1) is 10.9. The average Bonchev–Trinajstić information content (AvgIpc) is 2.30. The molecule has 0 fully saturated rings. The number of rotatable bonds is 4. The number of ether oxygens (including phenoxy) is 3. The predicted molar refractivity (Wildman–Crippen MR) is 62.2 cm³/mol. The Bertz CT molecular complexity index is 366. The van der Waals surface area contributed by atoms with Crippen LogP contribution in [0.15, 0.2) is 12.1 Å². The lowest BCUT2D eigenvalue weighted by Crippen LogP contribution is -2.15. The van der Waals surface area contributed by atoms with Crippen LogP contribution in [0.2, 0.25) is 0 Å². The Labute approximate surface area is 95.3 Å². The molecule has 2 N–H and O–H groups in total. The van der Waals surface area contributed by atoms with Crippen LogP contribution in [0.1, 0.15) is 19.8 Å². The second kappa shape index (κ2) is 4.96. The highest BCUT2D eigenvalue weighted by molar-refractivity contribution is 5.62. The molecule has 0 bridgehead atoms. The summed E-state index contributed by atoms with van der Waals surface area (Å²) < 4.78 is 16.5. The zero-order valence-electron chi connectivity index (χ0n) is 9.49. The Morgan fingerprint density at radius 3 is 2.62 bits per heavy atom. The molecule has 16 heavy (non-hydrogen) atoms. The monoisotopic (exact) mass is 223 g/mol. The third-order valence-corrected chi connectivity index (χ3v) is 2.43. The van der Waals surface area contributed by atoms with E-state index in [4.69, 9.17) is 19.9 Å². The van der Waals surface area contributed by atoms with Gasteiger partial charge < -0.3 is 19.9 Å². The lowest BCUT2D eigenvalue weighted by Gasteiger charge is -2.20. The highest BCUT2D eigenvalue weighted by Crippen LogP contribution is 2.38. The van der Waals surface area contributed by atoms with Gasteiger partial charge in [-0.2, -0.15) is 0 Å². The Hall–Kier alpha value is -1.58. The van der Waals surface area contributed by atoms with E-state index < -0.39 is 0 Å². The quantitative estimate of drug-likeness (QED) is 0.628. The van der Waals surface area contributed by atoms with Crippen LogP contribution in [0.5, 0.6) is 17.2 Å². The Morgan fingerprint density at radius 1 is 1.25 bits per heavy atom. The van der Waals surface area contributed by atoms with Crippen LogP contribution in [-0.4, -0.2) is 19.8 Å². The maximum atomic E-state index is 5.87. The van der Waals surface area contributed by atoms with Crippen LogP contribution in [0, 0.1) is 0 Å². The van der Waals surface area contributed by atoms with E-state index in [0.717, 1.165) is 12.8 Å². The molecule has 4 heteroatoms. The van der Waals surface area contributed by atoms with Crippen molar-refractivity contribution in [1.82, 2.24) is 0 Å². The summed E-state index contributed by atoms with van der Waals surface area (Å²) in [5, 5.41) is 0. The Kier molecular flexibility index (Phi) is 3.39. The van der Waals surface area contributed by atoms with Crippen molar-refractivity contribution in [3.63, 3.8) is 0 Å². The van der Waals surface area contributed by atoms with E-state index in [1.165, 1.54) is 0 Å². The smallest absolute Gasteiger partial charge is 0.165 e. The first-order valence-corrected chi connectivity index (χ1v) is 5.63. The van der Waals surface area contributed by atoms with Gasteiger partial charge in [0.2, 0.25) is 0 Å². The van der Waals surface area contributed by atoms with Gasteiger partial charge in [-0.25, -0.2) is 0 Å². The first-order chi connectivity index (χ1) is 7.81. The van der Waals surface area contributed by atoms with Gasteiger partial charge in [-0.3, -0.25) is 0 Å². The standard InChI is InChI=1S/C12H17NO3/c1-2-3-4-14-10-8-12-11(7-9(10)13)15-5-6-16-12/h7-8H,2-6,13H2,1H3. The maximum Gasteiger partial charge on any atom is 0.165 e. The summed E-state index contributed by atoms with van der Waals surface area (Å²) >= 11 is 0. The zero-order valence-corrected chi connectivity index (χ0v) is 9.49. The van der Waals surface area contributed by atoms with Gasteiger partial charge in [0.05, 0.1) is 12.3 Å². The molecule has 1 aliphatic heterocycles. The number of nitrogens with two attached hydrogens (primary N) is 1. The van der Waals surface area contributed by atoms with Crippen molar-refractivity contribution in [2.24, 2.45) is 0 Å². The largest absolute Gasteiger partial charge is 0.491 e. The lowest BCUT2D eigenvalue weighted by molar-refractivity contribution is 0.170. The fourth-order valence-electron chi connectivity index (χ4n) is 1.54. The number of anilines is 1. The third kappa shape index (κ3) is 2.32. The van der Waals surface area contributed by atoms with Crippen molar-refractivity contribution in [2.45, 2.75) is 19.8 Å². The molecule has 1 aliphatic rings. The van der Waals surface area contributed by atoms with E-state index in [2.05, 4.69) is 6.92 Å². The van der Waals surface area contributed by atoms with Crippen molar-refractivity contribution in [1.29, 1.82) is 0 Å². The van der Waals surface area contributed by atoms with E-state index in [1.807, 2.05) is 0 Å². The number of fused-ring (bicyclic) bond motifs is 1. The summed E-state index contributed by atoms with van der Waals surface area (Å²) in [6, 6.07) is 3.56. The summed E-state index contributed by atoms with van der Waals surface area (Å²) in [4.78, 5) is 0.